The molecular formula is C67H79Cl2N5O16Si. The number of hydrogen-bond acceptors (Lipinski definition) is 15. The molecule has 5 heterocycles. The number of primary amides is 1. The minimum absolute atomic E-state index is 0.00271. The molecule has 5 aliphatic rings. The van der Waals surface area contributed by atoms with Crippen LogP contribution in [0, 0.1) is 17.8 Å². The van der Waals surface area contributed by atoms with Crippen LogP contribution < -0.4 is 55.4 Å². The van der Waals surface area contributed by atoms with Gasteiger partial charge in [-0.2, -0.15) is 0 Å². The molecule has 9 atom stereocenters. The van der Waals surface area contributed by atoms with Gasteiger partial charge in [-0.15, -0.1) is 0 Å². The van der Waals surface area contributed by atoms with Crippen molar-refractivity contribution in [1.29, 1.82) is 0 Å². The number of amides is 5. The number of benzene rings is 5. The summed E-state index contributed by atoms with van der Waals surface area (Å²) in [6.45, 7) is 17.4. The van der Waals surface area contributed by atoms with Crippen molar-refractivity contribution in [3.8, 4) is 57.1 Å². The predicted octanol–water partition coefficient (Wildman–Crippen LogP) is 11.1. The molecule has 0 aromatic heterocycles. The summed E-state index contributed by atoms with van der Waals surface area (Å²) in [5, 5.41) is 21.9. The normalized spacial score (nSPS) is 21.6. The molecule has 0 unspecified atom stereocenters. The van der Waals surface area contributed by atoms with Gasteiger partial charge in [-0.3, -0.25) is 33.6 Å². The van der Waals surface area contributed by atoms with Gasteiger partial charge in [-0.05, 0) is 114 Å². The van der Waals surface area contributed by atoms with E-state index in [-0.39, 0.29) is 89.8 Å². The predicted molar refractivity (Wildman–Crippen MR) is 343 cm³/mol. The van der Waals surface area contributed by atoms with Gasteiger partial charge in [-0.25, -0.2) is 4.79 Å². The molecule has 0 saturated carbocycles. The summed E-state index contributed by atoms with van der Waals surface area (Å²) in [4.78, 5) is 119. The van der Waals surface area contributed by atoms with Crippen LogP contribution in [0.4, 0.5) is 0 Å². The minimum atomic E-state index is -2.92. The smallest absolute Gasteiger partial charge is 0.330 e. The van der Waals surface area contributed by atoms with E-state index in [4.69, 9.17) is 61.8 Å². The Balaban J connectivity index is 1.41. The van der Waals surface area contributed by atoms with E-state index < -0.39 is 134 Å². The van der Waals surface area contributed by atoms with Crippen molar-refractivity contribution in [1.82, 2.24) is 21.3 Å². The van der Waals surface area contributed by atoms with Crippen LogP contribution in [0.2, 0.25) is 28.2 Å². The van der Waals surface area contributed by atoms with Gasteiger partial charge in [-0.1, -0.05) is 89.9 Å². The molecule has 5 aliphatic heterocycles. The molecule has 5 aromatic rings. The fourth-order valence-corrected chi connectivity index (χ4v) is 13.2. The number of nitrogens with two attached hydrogens (primary N) is 1. The lowest BCUT2D eigenvalue weighted by atomic mass is 9.84. The average molecular weight is 1310 g/mol. The first-order valence-electron chi connectivity index (χ1n) is 30.0. The van der Waals surface area contributed by atoms with Gasteiger partial charge in [0.05, 0.1) is 56.4 Å². The number of carbonyl (C=O) groups excluding carboxylic acids is 7. The monoisotopic (exact) mass is 1310 g/mol. The summed E-state index contributed by atoms with van der Waals surface area (Å²) in [5.74, 6) is -11.7. The molecule has 11 bridgehead atoms. The van der Waals surface area contributed by atoms with Crippen LogP contribution in [0.15, 0.2) is 78.9 Å². The molecule has 0 radical (unpaired) electrons. The molecule has 0 spiro atoms. The van der Waals surface area contributed by atoms with E-state index in [0.717, 1.165) is 0 Å². The highest BCUT2D eigenvalue weighted by atomic mass is 35.5. The van der Waals surface area contributed by atoms with E-state index in [2.05, 4.69) is 21.3 Å². The maximum absolute atomic E-state index is 16.1. The average Bonchev–Trinajstić information content (AvgIpc) is 0.857. The zero-order chi connectivity index (χ0) is 66.7. The second kappa shape index (κ2) is 28.1. The third kappa shape index (κ3) is 14.9. The fraction of sp³-hybridized carbons (Fsp3) is 0.433. The van der Waals surface area contributed by atoms with Gasteiger partial charge >= 0.3 is 5.97 Å². The first-order chi connectivity index (χ1) is 42.9. The molecule has 0 saturated heterocycles. The number of carboxylic acid groups (broad SMARTS) is 1. The topological polar surface area (TPSA) is 296 Å². The fourth-order valence-electron chi connectivity index (χ4n) is 11.5. The molecule has 0 aliphatic carbocycles. The van der Waals surface area contributed by atoms with Crippen LogP contribution in [0.3, 0.4) is 0 Å². The molecule has 24 heteroatoms. The van der Waals surface area contributed by atoms with Crippen LogP contribution >= 0.6 is 23.2 Å². The number of ketones is 2. The summed E-state index contributed by atoms with van der Waals surface area (Å²) >= 11 is 14.4. The van der Waals surface area contributed by atoms with Crippen molar-refractivity contribution in [2.45, 2.75) is 141 Å². The van der Waals surface area contributed by atoms with Gasteiger partial charge in [0, 0.05) is 53.9 Å². The van der Waals surface area contributed by atoms with Gasteiger partial charge < -0.3 is 65.0 Å². The highest BCUT2D eigenvalue weighted by Gasteiger charge is 2.46. The van der Waals surface area contributed by atoms with Crippen LogP contribution in [0.5, 0.6) is 46.0 Å². The number of hydrogen-bond donors (Lipinski definition) is 6. The van der Waals surface area contributed by atoms with Crippen LogP contribution in [-0.4, -0.2) is 101 Å². The van der Waals surface area contributed by atoms with Crippen LogP contribution in [-0.2, 0) is 42.8 Å². The summed E-state index contributed by atoms with van der Waals surface area (Å²) in [6.07, 6.45) is -2.52. The maximum atomic E-state index is 16.1. The number of carbonyl (C=O) groups is 8. The standard InChI is InChI=1S/C67H79Cl2N5O16Si/c1-14-34(21-32(2)3)62(78)74-59-46(75)25-39(28-54(70)77)63(79)72-57-38-26-52(61(87-11)53(27-38)89-50-20-17-37(24-45(50)69)60(59)90-91(12,13)67(5,6)7)88-49-19-15-35(23-44(49)68)33(4)56-65(81)73-58(66(82)83)43-29-40(84-8)30-51(86-10)55(43)42-22-36(16-18-48(42)85-9)41(31-47(57)76)64(80)71-56/h15-20,22-24,26-27,29-30,32-34,39,41,56-60H,14,21,25,28,31H2,1-13H3,(H2,70,77)(H,71,80)(H,72,79)(H,73,81)(H,74,78)(H,82,83)/t33-,34+,39+,41-,56+,57-,58-,59+,60-/m1/s1. The first-order valence-corrected chi connectivity index (χ1v) is 33.7. The zero-order valence-electron chi connectivity index (χ0n) is 53.2. The van der Waals surface area contributed by atoms with E-state index in [0.29, 0.717) is 24.0 Å². The van der Waals surface area contributed by atoms with E-state index in [1.165, 1.54) is 83.0 Å². The van der Waals surface area contributed by atoms with Crippen molar-refractivity contribution < 1.29 is 76.3 Å². The third-order valence-electron chi connectivity index (χ3n) is 17.6. The van der Waals surface area contributed by atoms with Gasteiger partial charge in [0.25, 0.3) is 0 Å². The highest BCUT2D eigenvalue weighted by molar-refractivity contribution is 6.74. The Bertz CT molecular complexity index is 3680. The number of halogens is 2. The molecule has 5 amide bonds. The molecule has 5 aromatic carbocycles. The lowest BCUT2D eigenvalue weighted by molar-refractivity contribution is -0.142. The summed E-state index contributed by atoms with van der Waals surface area (Å²) in [6, 6.07) is 13.0. The summed E-state index contributed by atoms with van der Waals surface area (Å²) < 4.78 is 43.9. The van der Waals surface area contributed by atoms with E-state index in [1.807, 2.05) is 54.6 Å². The van der Waals surface area contributed by atoms with Crippen LogP contribution in [0.25, 0.3) is 11.1 Å². The molecule has 10 rings (SSSR count). The Labute approximate surface area is 540 Å². The van der Waals surface area contributed by atoms with Crippen molar-refractivity contribution in [2.24, 2.45) is 23.5 Å². The molecular weight excluding hydrogens is 1230 g/mol. The maximum Gasteiger partial charge on any atom is 0.330 e. The Hall–Kier alpha value is -8.18. The quantitative estimate of drug-likeness (QED) is 0.0563. The first kappa shape index (κ1) is 68.7. The Morgan fingerprint density at radius 3 is 1.89 bits per heavy atom. The molecule has 7 N–H and O–H groups in total. The van der Waals surface area contributed by atoms with Crippen molar-refractivity contribution >= 4 is 78.6 Å². The van der Waals surface area contributed by atoms with Crippen LogP contribution in [0.1, 0.15) is 138 Å². The number of carboxylic acids is 1. The number of nitrogens with one attached hydrogen (secondary N) is 4. The SMILES string of the molecule is CC[C@@H](CC(C)C)C(=O)N[C@H]1C(=O)C[C@@H](CC(N)=O)C(=O)N[C@H]2C(=O)C[C@H]3C(=O)N[C@H](C(=O)N[C@@H](C(=O)O)c4cc(OC)cc(OC)c4-c4cc3ccc4OC)[C@H](C)c3ccc(c(Cl)c3)Oc3cc2cc(c3OC)Oc2ccc(cc2Cl)[C@H]1O[Si](C)(C)C(C)(C)C. The summed E-state index contributed by atoms with van der Waals surface area (Å²) in [5.41, 5.74) is 7.10. The molecule has 0 fully saturated rings. The van der Waals surface area contributed by atoms with Crippen molar-refractivity contribution in [3.63, 3.8) is 0 Å². The largest absolute Gasteiger partial charge is 0.497 e. The summed E-state index contributed by atoms with van der Waals surface area (Å²) in [7, 11) is 2.52. The lowest BCUT2D eigenvalue weighted by Gasteiger charge is -2.42. The van der Waals surface area contributed by atoms with Gasteiger partial charge in [0.15, 0.2) is 37.4 Å². The molecule has 486 valence electrons. The number of aliphatic carboxylic acids is 1. The highest BCUT2D eigenvalue weighted by Crippen LogP contribution is 2.50. The number of methoxy groups -OCH3 is 4. The van der Waals surface area contributed by atoms with Gasteiger partial charge in [0.2, 0.25) is 35.3 Å². The number of Topliss-reactive ketones (excluding diaryl/α,β-unsaturated/α-hetero) is 2. The van der Waals surface area contributed by atoms with Crippen molar-refractivity contribution in [2.75, 3.05) is 28.4 Å². The Morgan fingerprint density at radius 2 is 1.34 bits per heavy atom. The van der Waals surface area contributed by atoms with E-state index >= 15 is 24.0 Å². The Morgan fingerprint density at radius 1 is 0.725 bits per heavy atom. The number of rotatable bonds is 14. The van der Waals surface area contributed by atoms with Crippen molar-refractivity contribution in [3.05, 3.63) is 117 Å². The number of ether oxygens (including phenoxy) is 6. The minimum Gasteiger partial charge on any atom is -0.497 e. The zero-order valence-corrected chi connectivity index (χ0v) is 55.7. The Kier molecular flexibility index (Phi) is 21.2. The van der Waals surface area contributed by atoms with E-state index in [1.54, 1.807) is 31.2 Å². The second-order valence-corrected chi connectivity index (χ2v) is 30.7. The molecule has 21 nitrogen and oxygen atoms in total. The number of fused-ring (bicyclic) bond motifs is 15. The third-order valence-corrected chi connectivity index (χ3v) is 22.6. The van der Waals surface area contributed by atoms with E-state index in [9.17, 15) is 19.5 Å². The lowest BCUT2D eigenvalue weighted by Crippen LogP contribution is -2.53. The second-order valence-electron chi connectivity index (χ2n) is 25.2. The molecule has 91 heavy (non-hydrogen) atoms. The van der Waals surface area contributed by atoms with Gasteiger partial charge in [0.1, 0.15) is 46.9 Å².